The van der Waals surface area contributed by atoms with Crippen LogP contribution in [0.15, 0.2) is 114 Å². The lowest BCUT2D eigenvalue weighted by atomic mass is 10.3. The highest BCUT2D eigenvalue weighted by Gasteiger charge is 2.29. The molecule has 7 nitrogen and oxygen atoms in total. The average molecular weight is 516 g/mol. The van der Waals surface area contributed by atoms with Gasteiger partial charge in [-0.3, -0.25) is 9.10 Å². The molecule has 0 unspecified atom stereocenters. The van der Waals surface area contributed by atoms with E-state index in [2.05, 4.69) is 10.3 Å². The maximum Gasteiger partial charge on any atom is 0.264 e. The molecule has 5 rings (SSSR count). The number of nitrogens with zero attached hydrogens (tertiary/aromatic N) is 2. The average Bonchev–Trinajstić information content (AvgIpc) is 3.31. The lowest BCUT2D eigenvalue weighted by Crippen LogP contribution is -2.38. The van der Waals surface area contributed by atoms with Crippen molar-refractivity contribution in [3.63, 3.8) is 0 Å². The van der Waals surface area contributed by atoms with Crippen molar-refractivity contribution in [3.05, 3.63) is 109 Å². The third-order valence-electron chi connectivity index (χ3n) is 5.26. The van der Waals surface area contributed by atoms with E-state index in [4.69, 9.17) is 4.74 Å². The molecule has 1 heterocycles. The first-order valence-corrected chi connectivity index (χ1v) is 13.3. The molecule has 0 fully saturated rings. The molecule has 0 spiro atoms. The summed E-state index contributed by atoms with van der Waals surface area (Å²) in [6.45, 7) is -0.470. The molecule has 0 aliphatic rings. The number of sulfonamides is 1. The van der Waals surface area contributed by atoms with Gasteiger partial charge in [0.2, 0.25) is 5.91 Å². The van der Waals surface area contributed by atoms with E-state index in [1.807, 2.05) is 42.5 Å². The highest BCUT2D eigenvalue weighted by atomic mass is 32.2. The van der Waals surface area contributed by atoms with E-state index < -0.39 is 22.5 Å². The summed E-state index contributed by atoms with van der Waals surface area (Å²) in [5, 5.41) is 3.14. The molecule has 9 heteroatoms. The molecule has 0 aliphatic heterocycles. The number of aromatic nitrogens is 1. The van der Waals surface area contributed by atoms with Gasteiger partial charge in [0.05, 0.1) is 20.8 Å². The first-order chi connectivity index (χ1) is 17.5. The van der Waals surface area contributed by atoms with Crippen LogP contribution in [0.5, 0.6) is 11.5 Å². The van der Waals surface area contributed by atoms with Crippen LogP contribution in [-0.4, -0.2) is 25.9 Å². The van der Waals surface area contributed by atoms with Gasteiger partial charge < -0.3 is 10.1 Å². The number of rotatable bonds is 8. The van der Waals surface area contributed by atoms with Crippen molar-refractivity contribution in [2.45, 2.75) is 4.90 Å². The number of thiazole rings is 1. The molecule has 0 saturated carbocycles. The predicted molar refractivity (Wildman–Crippen MR) is 142 cm³/mol. The Morgan fingerprint density at radius 2 is 1.47 bits per heavy atom. The molecular formula is C27H21N3O4S2. The Hall–Kier alpha value is -4.21. The van der Waals surface area contributed by atoms with E-state index in [1.165, 1.54) is 23.5 Å². The molecular weight excluding hydrogens is 494 g/mol. The predicted octanol–water partition coefficient (Wildman–Crippen LogP) is 5.92. The standard InChI is InChI=1S/C27H21N3O4S2/c31-26(29-27-28-22-15-7-10-18-25(22)35-27)19-30(36(32,33)21-13-5-2-6-14-21)23-16-8-9-17-24(23)34-20-11-3-1-4-12-20/h1-18H,19H2,(H,28,29,31). The molecule has 1 aromatic heterocycles. The normalized spacial score (nSPS) is 11.2. The quantitative estimate of drug-likeness (QED) is 0.277. The summed E-state index contributed by atoms with van der Waals surface area (Å²) in [6, 6.07) is 31.3. The third kappa shape index (κ3) is 5.07. The number of para-hydroxylation sites is 4. The van der Waals surface area contributed by atoms with Crippen LogP contribution in [0.4, 0.5) is 10.8 Å². The summed E-state index contributed by atoms with van der Waals surface area (Å²) in [6.07, 6.45) is 0. The Morgan fingerprint density at radius 1 is 0.833 bits per heavy atom. The second-order valence-corrected chi connectivity index (χ2v) is 10.6. The number of anilines is 2. The van der Waals surface area contributed by atoms with Crippen molar-refractivity contribution >= 4 is 48.3 Å². The van der Waals surface area contributed by atoms with Crippen LogP contribution in [0.3, 0.4) is 0 Å². The summed E-state index contributed by atoms with van der Waals surface area (Å²) in [5.41, 5.74) is 0.998. The molecule has 4 aromatic carbocycles. The highest BCUT2D eigenvalue weighted by molar-refractivity contribution is 7.92. The van der Waals surface area contributed by atoms with Gasteiger partial charge in [-0.15, -0.1) is 0 Å². The molecule has 1 N–H and O–H groups in total. The lowest BCUT2D eigenvalue weighted by molar-refractivity contribution is -0.114. The fourth-order valence-electron chi connectivity index (χ4n) is 3.60. The number of nitrogens with one attached hydrogen (secondary N) is 1. The first-order valence-electron chi connectivity index (χ1n) is 11.1. The zero-order chi connectivity index (χ0) is 25.0. The molecule has 0 aliphatic carbocycles. The van der Waals surface area contributed by atoms with Gasteiger partial charge in [0.25, 0.3) is 10.0 Å². The van der Waals surface area contributed by atoms with Crippen molar-refractivity contribution in [3.8, 4) is 11.5 Å². The van der Waals surface area contributed by atoms with Crippen LogP contribution < -0.4 is 14.4 Å². The van der Waals surface area contributed by atoms with Gasteiger partial charge >= 0.3 is 0 Å². The van der Waals surface area contributed by atoms with Crippen molar-refractivity contribution in [1.82, 2.24) is 4.98 Å². The molecule has 0 radical (unpaired) electrons. The maximum absolute atomic E-state index is 13.7. The number of hydrogen-bond acceptors (Lipinski definition) is 6. The number of amides is 1. The number of benzene rings is 4. The molecule has 5 aromatic rings. The first kappa shape index (κ1) is 23.5. The molecule has 1 amide bonds. The number of fused-ring (bicyclic) bond motifs is 1. The summed E-state index contributed by atoms with van der Waals surface area (Å²) in [4.78, 5) is 17.6. The van der Waals surface area contributed by atoms with Gasteiger partial charge in [0.15, 0.2) is 10.9 Å². The zero-order valence-corrected chi connectivity index (χ0v) is 20.6. The minimum atomic E-state index is -4.11. The van der Waals surface area contributed by atoms with Crippen LogP contribution in [0, 0.1) is 0 Å². The van der Waals surface area contributed by atoms with E-state index >= 15 is 0 Å². The topological polar surface area (TPSA) is 88.6 Å². The number of carbonyl (C=O) groups excluding carboxylic acids is 1. The van der Waals surface area contributed by atoms with E-state index in [1.54, 1.807) is 54.6 Å². The third-order valence-corrected chi connectivity index (χ3v) is 7.99. The van der Waals surface area contributed by atoms with Gasteiger partial charge in [0.1, 0.15) is 12.3 Å². The van der Waals surface area contributed by atoms with E-state index in [0.29, 0.717) is 16.6 Å². The molecule has 36 heavy (non-hydrogen) atoms. The van der Waals surface area contributed by atoms with Gasteiger partial charge in [-0.05, 0) is 48.5 Å². The van der Waals surface area contributed by atoms with Crippen LogP contribution in [-0.2, 0) is 14.8 Å². The van der Waals surface area contributed by atoms with Crippen molar-refractivity contribution in [1.29, 1.82) is 0 Å². The Morgan fingerprint density at radius 3 is 2.22 bits per heavy atom. The number of ether oxygens (including phenoxy) is 1. The van der Waals surface area contributed by atoms with Gasteiger partial charge in [-0.1, -0.05) is 72.0 Å². The Labute approximate surface area is 212 Å². The lowest BCUT2D eigenvalue weighted by Gasteiger charge is -2.25. The molecule has 180 valence electrons. The summed E-state index contributed by atoms with van der Waals surface area (Å²) < 4.78 is 35.5. The van der Waals surface area contributed by atoms with Crippen LogP contribution in [0.1, 0.15) is 0 Å². The Kier molecular flexibility index (Phi) is 6.66. The number of hydrogen-bond donors (Lipinski definition) is 1. The fraction of sp³-hybridized carbons (Fsp3) is 0.0370. The van der Waals surface area contributed by atoms with Crippen LogP contribution >= 0.6 is 11.3 Å². The van der Waals surface area contributed by atoms with Crippen LogP contribution in [0.2, 0.25) is 0 Å². The van der Waals surface area contributed by atoms with Gasteiger partial charge in [-0.2, -0.15) is 0 Å². The largest absolute Gasteiger partial charge is 0.455 e. The fourth-order valence-corrected chi connectivity index (χ4v) is 5.93. The second-order valence-electron chi connectivity index (χ2n) is 7.74. The van der Waals surface area contributed by atoms with E-state index in [-0.39, 0.29) is 10.6 Å². The minimum absolute atomic E-state index is 0.0623. The van der Waals surface area contributed by atoms with Crippen molar-refractivity contribution in [2.75, 3.05) is 16.2 Å². The Bertz CT molecular complexity index is 1570. The minimum Gasteiger partial charge on any atom is -0.455 e. The molecule has 0 bridgehead atoms. The van der Waals surface area contributed by atoms with Gasteiger partial charge in [0, 0.05) is 0 Å². The number of carbonyl (C=O) groups is 1. The second kappa shape index (κ2) is 10.2. The highest BCUT2D eigenvalue weighted by Crippen LogP contribution is 2.35. The van der Waals surface area contributed by atoms with Crippen LogP contribution in [0.25, 0.3) is 10.2 Å². The SMILES string of the molecule is O=C(CN(c1ccccc1Oc1ccccc1)S(=O)(=O)c1ccccc1)Nc1nc2ccccc2s1. The van der Waals surface area contributed by atoms with Crippen molar-refractivity contribution in [2.24, 2.45) is 0 Å². The zero-order valence-electron chi connectivity index (χ0n) is 18.9. The Balaban J connectivity index is 1.50. The smallest absolute Gasteiger partial charge is 0.264 e. The molecule has 0 atom stereocenters. The molecule has 0 saturated heterocycles. The van der Waals surface area contributed by atoms with E-state index in [0.717, 1.165) is 14.5 Å². The summed E-state index contributed by atoms with van der Waals surface area (Å²) >= 11 is 1.32. The van der Waals surface area contributed by atoms with E-state index in [9.17, 15) is 13.2 Å². The summed E-state index contributed by atoms with van der Waals surface area (Å²) in [7, 11) is -4.11. The maximum atomic E-state index is 13.7. The summed E-state index contributed by atoms with van der Waals surface area (Å²) in [5.74, 6) is 0.319. The van der Waals surface area contributed by atoms with Crippen molar-refractivity contribution < 1.29 is 17.9 Å². The van der Waals surface area contributed by atoms with Gasteiger partial charge in [-0.25, -0.2) is 13.4 Å². The monoisotopic (exact) mass is 515 g/mol.